The van der Waals surface area contributed by atoms with Gasteiger partial charge < -0.3 is 10.1 Å². The van der Waals surface area contributed by atoms with Crippen molar-refractivity contribution in [1.29, 1.82) is 0 Å². The van der Waals surface area contributed by atoms with Crippen LogP contribution in [0.25, 0.3) is 0 Å². The number of benzene rings is 2. The third-order valence-corrected chi connectivity index (χ3v) is 4.98. The third-order valence-electron chi connectivity index (χ3n) is 3.61. The Hall–Kier alpha value is -3.13. The van der Waals surface area contributed by atoms with E-state index in [1.54, 1.807) is 37.4 Å². The first kappa shape index (κ1) is 17.7. The van der Waals surface area contributed by atoms with E-state index in [0.29, 0.717) is 12.4 Å². The summed E-state index contributed by atoms with van der Waals surface area (Å²) in [5.74, 6) is 1.45. The number of rotatable bonds is 7. The van der Waals surface area contributed by atoms with Crippen LogP contribution in [0.5, 0.6) is 5.75 Å². The summed E-state index contributed by atoms with van der Waals surface area (Å²) in [5, 5.41) is 11.0. The molecule has 1 heterocycles. The van der Waals surface area contributed by atoms with Crippen molar-refractivity contribution in [3.05, 3.63) is 72.3 Å². The number of sulfonamides is 1. The van der Waals surface area contributed by atoms with Gasteiger partial charge in [0.2, 0.25) is 0 Å². The molecule has 0 spiro atoms. The Kier molecular flexibility index (Phi) is 5.33. The van der Waals surface area contributed by atoms with E-state index in [4.69, 9.17) is 4.74 Å². The van der Waals surface area contributed by atoms with Gasteiger partial charge in [-0.1, -0.05) is 36.4 Å². The monoisotopic (exact) mass is 370 g/mol. The molecular weight excluding hydrogens is 352 g/mol. The minimum atomic E-state index is -3.68. The summed E-state index contributed by atoms with van der Waals surface area (Å²) in [6.07, 6.45) is 0. The summed E-state index contributed by atoms with van der Waals surface area (Å²) in [7, 11) is -2.06. The quantitative estimate of drug-likeness (QED) is 0.664. The fourth-order valence-corrected chi connectivity index (χ4v) is 3.33. The number of hydrogen-bond donors (Lipinski definition) is 2. The minimum absolute atomic E-state index is 0.150. The second kappa shape index (κ2) is 7.83. The van der Waals surface area contributed by atoms with Gasteiger partial charge in [-0.25, -0.2) is 8.42 Å². The lowest BCUT2D eigenvalue weighted by atomic mass is 10.2. The molecule has 2 N–H and O–H groups in total. The van der Waals surface area contributed by atoms with Gasteiger partial charge in [0.25, 0.3) is 10.0 Å². The standard InChI is InChI=1S/C18H18N4O3S/c1-25-16-10-6-5-7-14(16)13-19-17-11-12-18(21-20-17)22-26(23,24)15-8-3-2-4-9-15/h2-12H,13H2,1H3,(H,19,20)(H,21,22). The molecule has 2 aromatic carbocycles. The van der Waals surface area contributed by atoms with Gasteiger partial charge >= 0.3 is 0 Å². The van der Waals surface area contributed by atoms with E-state index in [-0.39, 0.29) is 10.7 Å². The Balaban J connectivity index is 1.65. The number of nitrogens with one attached hydrogen (secondary N) is 2. The van der Waals surface area contributed by atoms with E-state index in [2.05, 4.69) is 20.2 Å². The van der Waals surface area contributed by atoms with E-state index >= 15 is 0 Å². The summed E-state index contributed by atoms with van der Waals surface area (Å²) in [5.41, 5.74) is 0.977. The SMILES string of the molecule is COc1ccccc1CNc1ccc(NS(=O)(=O)c2ccccc2)nn1. The molecule has 0 saturated carbocycles. The highest BCUT2D eigenvalue weighted by atomic mass is 32.2. The molecule has 0 amide bonds. The molecule has 7 nitrogen and oxygen atoms in total. The van der Waals surface area contributed by atoms with Crippen molar-refractivity contribution in [3.63, 3.8) is 0 Å². The molecule has 0 bridgehead atoms. The van der Waals surface area contributed by atoms with Crippen LogP contribution in [-0.4, -0.2) is 25.7 Å². The van der Waals surface area contributed by atoms with Crippen LogP contribution in [0, 0.1) is 0 Å². The molecule has 1 aromatic heterocycles. The predicted molar refractivity (Wildman–Crippen MR) is 99.6 cm³/mol. The van der Waals surface area contributed by atoms with Gasteiger partial charge in [-0.15, -0.1) is 10.2 Å². The van der Waals surface area contributed by atoms with Crippen molar-refractivity contribution in [2.45, 2.75) is 11.4 Å². The van der Waals surface area contributed by atoms with Crippen LogP contribution in [-0.2, 0) is 16.6 Å². The van der Waals surface area contributed by atoms with Crippen LogP contribution in [0.2, 0.25) is 0 Å². The molecule has 3 rings (SSSR count). The zero-order valence-corrected chi connectivity index (χ0v) is 14.9. The second-order valence-corrected chi connectivity index (χ2v) is 7.07. The van der Waals surface area contributed by atoms with Gasteiger partial charge in [-0.05, 0) is 30.3 Å². The Labute approximate surface area is 152 Å². The van der Waals surface area contributed by atoms with Crippen molar-refractivity contribution in [1.82, 2.24) is 10.2 Å². The van der Waals surface area contributed by atoms with Crippen LogP contribution >= 0.6 is 0 Å². The number of nitrogens with zero attached hydrogens (tertiary/aromatic N) is 2. The van der Waals surface area contributed by atoms with Gasteiger partial charge in [-0.3, -0.25) is 4.72 Å². The molecule has 0 fully saturated rings. The summed E-state index contributed by atoms with van der Waals surface area (Å²) >= 11 is 0. The first-order valence-corrected chi connectivity index (χ1v) is 9.34. The van der Waals surface area contributed by atoms with E-state index in [0.717, 1.165) is 11.3 Å². The Morgan fingerprint density at radius 1 is 0.885 bits per heavy atom. The highest BCUT2D eigenvalue weighted by Gasteiger charge is 2.14. The van der Waals surface area contributed by atoms with Gasteiger partial charge in [-0.2, -0.15) is 0 Å². The maximum Gasteiger partial charge on any atom is 0.263 e. The molecule has 0 saturated heterocycles. The average molecular weight is 370 g/mol. The topological polar surface area (TPSA) is 93.2 Å². The second-order valence-electron chi connectivity index (χ2n) is 5.39. The summed E-state index contributed by atoms with van der Waals surface area (Å²) in [4.78, 5) is 0.167. The highest BCUT2D eigenvalue weighted by molar-refractivity contribution is 7.92. The largest absolute Gasteiger partial charge is 0.496 e. The zero-order chi connectivity index (χ0) is 18.4. The van der Waals surface area contributed by atoms with Crippen LogP contribution < -0.4 is 14.8 Å². The number of ether oxygens (including phenoxy) is 1. The van der Waals surface area contributed by atoms with Crippen LogP contribution in [0.4, 0.5) is 11.6 Å². The van der Waals surface area contributed by atoms with Crippen molar-refractivity contribution in [3.8, 4) is 5.75 Å². The normalized spacial score (nSPS) is 11.0. The van der Waals surface area contributed by atoms with E-state index < -0.39 is 10.0 Å². The van der Waals surface area contributed by atoms with Crippen molar-refractivity contribution >= 4 is 21.7 Å². The molecular formula is C18H18N4O3S. The van der Waals surface area contributed by atoms with Crippen molar-refractivity contribution < 1.29 is 13.2 Å². The average Bonchev–Trinajstić information content (AvgIpc) is 2.68. The maximum atomic E-state index is 12.3. The van der Waals surface area contributed by atoms with Gasteiger partial charge in [0.05, 0.1) is 12.0 Å². The first-order chi connectivity index (χ1) is 12.6. The molecule has 26 heavy (non-hydrogen) atoms. The molecule has 0 unspecified atom stereocenters. The first-order valence-electron chi connectivity index (χ1n) is 7.86. The number of anilines is 2. The van der Waals surface area contributed by atoms with Gasteiger partial charge in [0.15, 0.2) is 5.82 Å². The summed E-state index contributed by atoms with van der Waals surface area (Å²) in [6.45, 7) is 0.508. The van der Waals surface area contributed by atoms with Crippen LogP contribution in [0.15, 0.2) is 71.6 Å². The minimum Gasteiger partial charge on any atom is -0.496 e. The molecule has 0 atom stereocenters. The Morgan fingerprint density at radius 3 is 2.23 bits per heavy atom. The number of methoxy groups -OCH3 is 1. The third kappa shape index (κ3) is 4.28. The molecule has 0 aliphatic rings. The zero-order valence-electron chi connectivity index (χ0n) is 14.1. The van der Waals surface area contributed by atoms with Crippen molar-refractivity contribution in [2.24, 2.45) is 0 Å². The maximum absolute atomic E-state index is 12.3. The lowest BCUT2D eigenvalue weighted by molar-refractivity contribution is 0.410. The van der Waals surface area contributed by atoms with Crippen molar-refractivity contribution in [2.75, 3.05) is 17.1 Å². The number of para-hydroxylation sites is 1. The highest BCUT2D eigenvalue weighted by Crippen LogP contribution is 2.19. The van der Waals surface area contributed by atoms with E-state index in [9.17, 15) is 8.42 Å². The van der Waals surface area contributed by atoms with Gasteiger partial charge in [0, 0.05) is 12.1 Å². The smallest absolute Gasteiger partial charge is 0.263 e. The number of aromatic nitrogens is 2. The summed E-state index contributed by atoms with van der Waals surface area (Å²) < 4.78 is 32.2. The predicted octanol–water partition coefficient (Wildman–Crippen LogP) is 2.90. The Bertz CT molecular complexity index is 961. The van der Waals surface area contributed by atoms with Crippen LogP contribution in [0.3, 0.4) is 0 Å². The Morgan fingerprint density at radius 2 is 1.54 bits per heavy atom. The molecule has 0 radical (unpaired) electrons. The molecule has 0 aliphatic heterocycles. The van der Waals surface area contributed by atoms with E-state index in [1.807, 2.05) is 24.3 Å². The summed E-state index contributed by atoms with van der Waals surface area (Å²) in [6, 6.07) is 19.0. The fourth-order valence-electron chi connectivity index (χ4n) is 2.31. The molecule has 0 aliphatic carbocycles. The molecule has 134 valence electrons. The molecule has 3 aromatic rings. The van der Waals surface area contributed by atoms with Crippen LogP contribution in [0.1, 0.15) is 5.56 Å². The number of hydrogen-bond acceptors (Lipinski definition) is 6. The lowest BCUT2D eigenvalue weighted by Gasteiger charge is -2.10. The molecule has 8 heteroatoms. The lowest BCUT2D eigenvalue weighted by Crippen LogP contribution is -2.14. The fraction of sp³-hybridized carbons (Fsp3) is 0.111. The van der Waals surface area contributed by atoms with E-state index in [1.165, 1.54) is 12.1 Å². The van der Waals surface area contributed by atoms with Gasteiger partial charge in [0.1, 0.15) is 11.6 Å².